The van der Waals surface area contributed by atoms with E-state index in [1.54, 1.807) is 80.6 Å². The maximum atomic E-state index is 12.7. The highest BCUT2D eigenvalue weighted by Crippen LogP contribution is 2.32. The Balaban J connectivity index is 1.63. The van der Waals surface area contributed by atoms with E-state index in [1.165, 1.54) is 19.9 Å². The molecule has 0 N–H and O–H groups in total. The smallest absolute Gasteiger partial charge is 0.338 e. The van der Waals surface area contributed by atoms with Gasteiger partial charge in [-0.15, -0.1) is 0 Å². The van der Waals surface area contributed by atoms with Crippen LogP contribution in [0.5, 0.6) is 23.0 Å². The van der Waals surface area contributed by atoms with Crippen molar-refractivity contribution in [2.75, 3.05) is 0 Å². The van der Waals surface area contributed by atoms with Crippen LogP contribution in [0, 0.1) is 23.7 Å². The molecule has 4 aromatic rings. The van der Waals surface area contributed by atoms with Crippen molar-refractivity contribution in [1.82, 2.24) is 0 Å². The van der Waals surface area contributed by atoms with Gasteiger partial charge in [0.15, 0.2) is 0 Å². The van der Waals surface area contributed by atoms with Crippen LogP contribution in [0.2, 0.25) is 0 Å². The van der Waals surface area contributed by atoms with Crippen LogP contribution in [-0.4, -0.2) is 23.9 Å². The molecule has 0 saturated heterocycles. The Labute approximate surface area is 314 Å². The van der Waals surface area contributed by atoms with Crippen LogP contribution >= 0.6 is 0 Å². The van der Waals surface area contributed by atoms with E-state index in [4.69, 9.17) is 18.9 Å². The van der Waals surface area contributed by atoms with Crippen LogP contribution in [0.15, 0.2) is 134 Å². The molecule has 0 heterocycles. The molecule has 8 nitrogen and oxygen atoms in total. The number of carbonyl (C=O) groups is 4. The van der Waals surface area contributed by atoms with Crippen molar-refractivity contribution in [2.24, 2.45) is 0 Å². The normalized spacial score (nSPS) is 10.1. The van der Waals surface area contributed by atoms with E-state index in [0.717, 1.165) is 16.7 Å². The van der Waals surface area contributed by atoms with E-state index in [-0.39, 0.29) is 33.8 Å². The average molecular weight is 717 g/mol. The molecule has 54 heavy (non-hydrogen) atoms. The van der Waals surface area contributed by atoms with Crippen LogP contribution in [-0.2, 0) is 19.2 Å². The highest BCUT2D eigenvalue weighted by atomic mass is 16.5. The van der Waals surface area contributed by atoms with Crippen LogP contribution < -0.4 is 18.9 Å². The zero-order valence-corrected chi connectivity index (χ0v) is 30.3. The van der Waals surface area contributed by atoms with Gasteiger partial charge in [-0.1, -0.05) is 74.3 Å². The van der Waals surface area contributed by atoms with E-state index in [0.29, 0.717) is 28.2 Å². The van der Waals surface area contributed by atoms with Gasteiger partial charge in [-0.2, -0.15) is 0 Å². The van der Waals surface area contributed by atoms with E-state index in [1.807, 2.05) is 24.3 Å². The second-order valence-corrected chi connectivity index (χ2v) is 12.1. The monoisotopic (exact) mass is 716 g/mol. The lowest BCUT2D eigenvalue weighted by Gasteiger charge is -2.13. The van der Waals surface area contributed by atoms with Gasteiger partial charge in [0.05, 0.1) is 5.56 Å². The minimum Gasteiger partial charge on any atom is -0.423 e. The Morgan fingerprint density at radius 3 is 1.26 bits per heavy atom. The lowest BCUT2D eigenvalue weighted by Crippen LogP contribution is -2.12. The van der Waals surface area contributed by atoms with Crippen molar-refractivity contribution in [3.8, 4) is 46.7 Å². The average Bonchev–Trinajstić information content (AvgIpc) is 3.14. The van der Waals surface area contributed by atoms with E-state index >= 15 is 0 Å². The van der Waals surface area contributed by atoms with Crippen LogP contribution in [0.4, 0.5) is 0 Å². The fraction of sp³-hybridized carbons (Fsp3) is 0.0870. The molecule has 268 valence electrons. The van der Waals surface area contributed by atoms with E-state index in [9.17, 15) is 19.2 Å². The van der Waals surface area contributed by atoms with Crippen molar-refractivity contribution in [3.05, 3.63) is 167 Å². The summed E-state index contributed by atoms with van der Waals surface area (Å²) in [6.45, 7) is 20.7. The molecule has 0 spiro atoms. The number of rotatable bonds is 10. The summed E-state index contributed by atoms with van der Waals surface area (Å²) in [7, 11) is 0. The molecule has 0 amide bonds. The summed E-state index contributed by atoms with van der Waals surface area (Å²) in [6, 6.07) is 23.8. The summed E-state index contributed by atoms with van der Waals surface area (Å²) < 4.78 is 21.8. The lowest BCUT2D eigenvalue weighted by atomic mass is 10.1. The first-order valence-electron chi connectivity index (χ1n) is 16.4. The van der Waals surface area contributed by atoms with Gasteiger partial charge in [-0.05, 0) is 100.0 Å². The first-order chi connectivity index (χ1) is 25.7. The second-order valence-electron chi connectivity index (χ2n) is 12.1. The molecule has 4 aromatic carbocycles. The third-order valence-corrected chi connectivity index (χ3v) is 7.10. The van der Waals surface area contributed by atoms with Crippen molar-refractivity contribution in [3.63, 3.8) is 0 Å². The number of hydrogen-bond acceptors (Lipinski definition) is 8. The summed E-state index contributed by atoms with van der Waals surface area (Å²) in [5.74, 6) is 10.8. The molecule has 0 unspecified atom stereocenters. The van der Waals surface area contributed by atoms with Crippen molar-refractivity contribution >= 4 is 36.0 Å². The minimum absolute atomic E-state index is 0.116. The predicted molar refractivity (Wildman–Crippen MR) is 208 cm³/mol. The number of esters is 4. The molecule has 8 heteroatoms. The number of hydrogen-bond donors (Lipinski definition) is 0. The summed E-state index contributed by atoms with van der Waals surface area (Å²) in [6.07, 6.45) is 3.51. The number of carbonyl (C=O) groups excluding carboxylic acids is 4. The minimum atomic E-state index is -0.665. The van der Waals surface area contributed by atoms with Crippen molar-refractivity contribution in [2.45, 2.75) is 27.7 Å². The molecule has 0 radical (unpaired) electrons. The van der Waals surface area contributed by atoms with E-state index in [2.05, 4.69) is 50.0 Å². The highest BCUT2D eigenvalue weighted by molar-refractivity contribution is 5.92. The maximum Gasteiger partial charge on any atom is 0.338 e. The quantitative estimate of drug-likeness (QED) is 0.0529. The Hall–Kier alpha value is -7.42. The van der Waals surface area contributed by atoms with Gasteiger partial charge < -0.3 is 18.9 Å². The Morgan fingerprint density at radius 2 is 0.833 bits per heavy atom. The highest BCUT2D eigenvalue weighted by Gasteiger charge is 2.17. The SMILES string of the molecule is C=C(C)C(=O)Oc1ccc(C#Cc2ccc(C=Cc3cc(OC(=O)C(=C)C)c(C#Cc4ccc(OC(=O)C(=C)C)cc4)cc3OC(=O)C(=C)C)cc2)cc1. The first-order valence-corrected chi connectivity index (χ1v) is 16.4. The molecular formula is C46H36O8. The van der Waals surface area contributed by atoms with Crippen LogP contribution in [0.3, 0.4) is 0 Å². The molecule has 4 rings (SSSR count). The standard InChI is InChI=1S/C46H36O8/c1-29(2)43(47)51-39-23-17-35(18-24-39)14-11-33-9-12-34(13-10-33)15-21-37-27-42(54-46(50)32(7)8)38(28-41(37)53-45(49)31(5)6)22-16-36-19-25-40(26-20-36)52-44(48)30(3)4/h9-10,12-13,15,17-21,23-28H,1,3,5,7H2,2,4,6,8H3. The van der Waals surface area contributed by atoms with Crippen LogP contribution in [0.1, 0.15) is 61.1 Å². The molecular weight excluding hydrogens is 680 g/mol. The lowest BCUT2D eigenvalue weighted by molar-refractivity contribution is -0.131. The largest absolute Gasteiger partial charge is 0.423 e. The van der Waals surface area contributed by atoms with Gasteiger partial charge in [-0.25, -0.2) is 19.2 Å². The summed E-state index contributed by atoms with van der Waals surface area (Å²) in [4.78, 5) is 48.9. The maximum absolute atomic E-state index is 12.7. The first kappa shape index (κ1) is 39.4. The van der Waals surface area contributed by atoms with Gasteiger partial charge in [0.2, 0.25) is 0 Å². The predicted octanol–water partition coefficient (Wildman–Crippen LogP) is 8.58. The van der Waals surface area contributed by atoms with Crippen LogP contribution in [0.25, 0.3) is 12.2 Å². The zero-order valence-electron chi connectivity index (χ0n) is 30.3. The topological polar surface area (TPSA) is 105 Å². The summed E-state index contributed by atoms with van der Waals surface area (Å²) in [5, 5.41) is 0. The van der Waals surface area contributed by atoms with Crippen molar-refractivity contribution in [1.29, 1.82) is 0 Å². The molecule has 0 aliphatic rings. The van der Waals surface area contributed by atoms with Crippen molar-refractivity contribution < 1.29 is 38.1 Å². The molecule has 0 aliphatic carbocycles. The second kappa shape index (κ2) is 18.2. The fourth-order valence-electron chi connectivity index (χ4n) is 4.10. The zero-order chi connectivity index (χ0) is 39.4. The number of benzene rings is 4. The molecule has 0 bridgehead atoms. The Morgan fingerprint density at radius 1 is 0.463 bits per heavy atom. The molecule has 0 aromatic heterocycles. The molecule has 0 saturated carbocycles. The molecule has 0 aliphatic heterocycles. The summed E-state index contributed by atoms with van der Waals surface area (Å²) in [5.41, 5.74) is 4.49. The molecule has 0 fully saturated rings. The van der Waals surface area contributed by atoms with Gasteiger partial charge in [0.25, 0.3) is 0 Å². The van der Waals surface area contributed by atoms with Gasteiger partial charge >= 0.3 is 23.9 Å². The Kier molecular flexibility index (Phi) is 13.3. The van der Waals surface area contributed by atoms with Gasteiger partial charge in [-0.3, -0.25) is 0 Å². The summed E-state index contributed by atoms with van der Waals surface area (Å²) >= 11 is 0. The third-order valence-electron chi connectivity index (χ3n) is 7.10. The van der Waals surface area contributed by atoms with Gasteiger partial charge in [0, 0.05) is 50.6 Å². The van der Waals surface area contributed by atoms with E-state index < -0.39 is 23.9 Å². The Bertz CT molecular complexity index is 2330. The third kappa shape index (κ3) is 11.6. The number of ether oxygens (including phenoxy) is 4. The fourth-order valence-corrected chi connectivity index (χ4v) is 4.10. The van der Waals surface area contributed by atoms with Gasteiger partial charge in [0.1, 0.15) is 23.0 Å². The molecule has 0 atom stereocenters.